The fourth-order valence-corrected chi connectivity index (χ4v) is 3.51. The van der Waals surface area contributed by atoms with Gasteiger partial charge in [0.15, 0.2) is 0 Å². The summed E-state index contributed by atoms with van der Waals surface area (Å²) >= 11 is 1.69. The number of nitrogens with two attached hydrogens (primary N) is 1. The number of hydrogen-bond acceptors (Lipinski definition) is 3. The normalized spacial score (nSPS) is 13.7. The van der Waals surface area contributed by atoms with Crippen LogP contribution in [0.25, 0.3) is 0 Å². The van der Waals surface area contributed by atoms with E-state index in [-0.39, 0.29) is 5.91 Å². The molecule has 0 aromatic heterocycles. The van der Waals surface area contributed by atoms with Crippen LogP contribution in [0.15, 0.2) is 40.1 Å². The van der Waals surface area contributed by atoms with E-state index in [1.807, 2.05) is 6.07 Å². The lowest BCUT2D eigenvalue weighted by molar-refractivity contribution is -0.116. The lowest BCUT2D eigenvalue weighted by Crippen LogP contribution is -2.19. The first-order valence-electron chi connectivity index (χ1n) is 7.00. The monoisotopic (exact) mass is 298 g/mol. The predicted molar refractivity (Wildman–Crippen MR) is 87.8 cm³/mol. The standard InChI is InChI=1S/C17H18N2OS/c1-10-3-5-15(11(2)7-10)21-16-8-12-4-6-17(20)19-14(12)9-13(16)18/h3,5,7-9H,4,6,18H2,1-2H3,(H,19,20). The molecule has 108 valence electrons. The summed E-state index contributed by atoms with van der Waals surface area (Å²) in [6.45, 7) is 4.21. The first-order chi connectivity index (χ1) is 10.0. The number of aryl methyl sites for hydroxylation is 3. The van der Waals surface area contributed by atoms with E-state index < -0.39 is 0 Å². The molecule has 3 N–H and O–H groups in total. The second-order valence-electron chi connectivity index (χ2n) is 5.47. The minimum atomic E-state index is 0.0664. The second-order valence-corrected chi connectivity index (χ2v) is 6.55. The van der Waals surface area contributed by atoms with Gasteiger partial charge < -0.3 is 11.1 Å². The average molecular weight is 298 g/mol. The van der Waals surface area contributed by atoms with Crippen molar-refractivity contribution in [2.45, 2.75) is 36.5 Å². The van der Waals surface area contributed by atoms with E-state index >= 15 is 0 Å². The molecule has 0 aliphatic carbocycles. The lowest BCUT2D eigenvalue weighted by atomic mass is 10.0. The molecule has 0 atom stereocenters. The first kappa shape index (κ1) is 14.0. The molecule has 3 nitrogen and oxygen atoms in total. The summed E-state index contributed by atoms with van der Waals surface area (Å²) in [7, 11) is 0. The molecule has 0 radical (unpaired) electrons. The molecule has 0 bridgehead atoms. The van der Waals surface area contributed by atoms with Crippen LogP contribution in [0.1, 0.15) is 23.1 Å². The lowest BCUT2D eigenvalue weighted by Gasteiger charge is -2.19. The molecule has 1 amide bonds. The molecule has 3 rings (SSSR count). The van der Waals surface area contributed by atoms with Crippen molar-refractivity contribution in [3.63, 3.8) is 0 Å². The molecule has 0 unspecified atom stereocenters. The molecular weight excluding hydrogens is 280 g/mol. The van der Waals surface area contributed by atoms with Crippen molar-refractivity contribution >= 4 is 29.0 Å². The number of nitrogen functional groups attached to an aromatic ring is 1. The van der Waals surface area contributed by atoms with E-state index in [4.69, 9.17) is 5.73 Å². The third-order valence-corrected chi connectivity index (χ3v) is 4.93. The van der Waals surface area contributed by atoms with Crippen LogP contribution in [0.3, 0.4) is 0 Å². The van der Waals surface area contributed by atoms with E-state index in [0.29, 0.717) is 12.1 Å². The summed E-state index contributed by atoms with van der Waals surface area (Å²) < 4.78 is 0. The van der Waals surface area contributed by atoms with E-state index in [1.54, 1.807) is 11.8 Å². The van der Waals surface area contributed by atoms with Crippen molar-refractivity contribution in [3.8, 4) is 0 Å². The molecule has 0 spiro atoms. The molecule has 0 fully saturated rings. The van der Waals surface area contributed by atoms with Crippen LogP contribution in [0.5, 0.6) is 0 Å². The van der Waals surface area contributed by atoms with Gasteiger partial charge in [0.1, 0.15) is 0 Å². The van der Waals surface area contributed by atoms with Gasteiger partial charge in [-0.3, -0.25) is 4.79 Å². The fraction of sp³-hybridized carbons (Fsp3) is 0.235. The highest BCUT2D eigenvalue weighted by Gasteiger charge is 2.17. The Hall–Kier alpha value is -1.94. The van der Waals surface area contributed by atoms with Crippen LogP contribution < -0.4 is 11.1 Å². The molecular formula is C17H18N2OS. The average Bonchev–Trinajstić information content (AvgIpc) is 2.42. The number of fused-ring (bicyclic) bond motifs is 1. The van der Waals surface area contributed by atoms with Crippen molar-refractivity contribution in [2.24, 2.45) is 0 Å². The molecule has 1 heterocycles. The van der Waals surface area contributed by atoms with Crippen molar-refractivity contribution in [3.05, 3.63) is 47.0 Å². The third-order valence-electron chi connectivity index (χ3n) is 3.68. The van der Waals surface area contributed by atoms with Crippen molar-refractivity contribution in [1.82, 2.24) is 0 Å². The zero-order chi connectivity index (χ0) is 15.0. The quantitative estimate of drug-likeness (QED) is 0.826. The Labute approximate surface area is 128 Å². The van der Waals surface area contributed by atoms with Crippen molar-refractivity contribution in [2.75, 3.05) is 11.1 Å². The molecule has 0 saturated heterocycles. The molecule has 21 heavy (non-hydrogen) atoms. The van der Waals surface area contributed by atoms with Gasteiger partial charge in [0.2, 0.25) is 5.91 Å². The van der Waals surface area contributed by atoms with Crippen LogP contribution in [0.2, 0.25) is 0 Å². The molecule has 1 aliphatic rings. The van der Waals surface area contributed by atoms with E-state index in [0.717, 1.165) is 22.6 Å². The summed E-state index contributed by atoms with van der Waals surface area (Å²) in [6.07, 6.45) is 1.33. The summed E-state index contributed by atoms with van der Waals surface area (Å²) in [4.78, 5) is 13.7. The maximum Gasteiger partial charge on any atom is 0.224 e. The van der Waals surface area contributed by atoms with Crippen molar-refractivity contribution < 1.29 is 4.79 Å². The molecule has 4 heteroatoms. The second kappa shape index (κ2) is 5.45. The fourth-order valence-electron chi connectivity index (χ4n) is 2.54. The molecule has 2 aromatic rings. The Morgan fingerprint density at radius 3 is 2.67 bits per heavy atom. The van der Waals surface area contributed by atoms with Gasteiger partial charge in [-0.15, -0.1) is 0 Å². The van der Waals surface area contributed by atoms with Gasteiger partial charge >= 0.3 is 0 Å². The number of rotatable bonds is 2. The Morgan fingerprint density at radius 2 is 1.90 bits per heavy atom. The number of carbonyl (C=O) groups excluding carboxylic acids is 1. The highest BCUT2D eigenvalue weighted by molar-refractivity contribution is 7.99. The van der Waals surface area contributed by atoms with Gasteiger partial charge in [0.25, 0.3) is 0 Å². The van der Waals surface area contributed by atoms with Crippen LogP contribution in [0, 0.1) is 13.8 Å². The summed E-state index contributed by atoms with van der Waals surface area (Å²) in [5, 5.41) is 2.88. The SMILES string of the molecule is Cc1ccc(Sc2cc3c(cc2N)NC(=O)CC3)c(C)c1. The smallest absolute Gasteiger partial charge is 0.224 e. The number of benzene rings is 2. The van der Waals surface area contributed by atoms with Crippen LogP contribution in [-0.4, -0.2) is 5.91 Å². The number of anilines is 2. The Kier molecular flexibility index (Phi) is 3.64. The predicted octanol–water partition coefficient (Wildman–Crippen LogP) is 3.92. The molecule has 2 aromatic carbocycles. The van der Waals surface area contributed by atoms with E-state index in [1.165, 1.54) is 16.0 Å². The Balaban J connectivity index is 1.94. The van der Waals surface area contributed by atoms with Crippen LogP contribution in [0.4, 0.5) is 11.4 Å². The van der Waals surface area contributed by atoms with Gasteiger partial charge in [-0.1, -0.05) is 29.5 Å². The van der Waals surface area contributed by atoms with Crippen molar-refractivity contribution in [1.29, 1.82) is 0 Å². The topological polar surface area (TPSA) is 55.1 Å². The van der Waals surface area contributed by atoms with Gasteiger partial charge in [-0.05, 0) is 49.6 Å². The summed E-state index contributed by atoms with van der Waals surface area (Å²) in [6, 6.07) is 10.4. The van der Waals surface area contributed by atoms with Gasteiger partial charge in [0, 0.05) is 27.6 Å². The minimum absolute atomic E-state index is 0.0664. The number of nitrogens with one attached hydrogen (secondary N) is 1. The zero-order valence-corrected chi connectivity index (χ0v) is 13.0. The zero-order valence-electron chi connectivity index (χ0n) is 12.2. The highest BCUT2D eigenvalue weighted by atomic mass is 32.2. The van der Waals surface area contributed by atoms with Crippen LogP contribution in [-0.2, 0) is 11.2 Å². The first-order valence-corrected chi connectivity index (χ1v) is 7.82. The van der Waals surface area contributed by atoms with E-state index in [2.05, 4.69) is 43.4 Å². The van der Waals surface area contributed by atoms with Crippen LogP contribution >= 0.6 is 11.8 Å². The highest BCUT2D eigenvalue weighted by Crippen LogP contribution is 2.38. The van der Waals surface area contributed by atoms with Gasteiger partial charge in [0.05, 0.1) is 0 Å². The van der Waals surface area contributed by atoms with Gasteiger partial charge in [-0.25, -0.2) is 0 Å². The maximum atomic E-state index is 11.4. The Morgan fingerprint density at radius 1 is 1.10 bits per heavy atom. The summed E-state index contributed by atoms with van der Waals surface area (Å²) in [5.74, 6) is 0.0664. The number of amides is 1. The molecule has 1 aliphatic heterocycles. The molecule has 0 saturated carbocycles. The largest absolute Gasteiger partial charge is 0.398 e. The third kappa shape index (κ3) is 2.90. The van der Waals surface area contributed by atoms with E-state index in [9.17, 15) is 4.79 Å². The van der Waals surface area contributed by atoms with Gasteiger partial charge in [-0.2, -0.15) is 0 Å². The minimum Gasteiger partial charge on any atom is -0.398 e. The number of hydrogen-bond donors (Lipinski definition) is 2. The Bertz CT molecular complexity index is 725. The summed E-state index contributed by atoms with van der Waals surface area (Å²) in [5.41, 5.74) is 11.4. The number of carbonyl (C=O) groups is 1. The maximum absolute atomic E-state index is 11.4.